The summed E-state index contributed by atoms with van der Waals surface area (Å²) in [5, 5.41) is 0. The molecule has 3 heteroatoms. The molecule has 18 heavy (non-hydrogen) atoms. The second-order valence-corrected chi connectivity index (χ2v) is 5.07. The molecule has 0 aliphatic carbocycles. The van der Waals surface area contributed by atoms with Crippen LogP contribution in [0.2, 0.25) is 0 Å². The molecule has 0 amide bonds. The van der Waals surface area contributed by atoms with E-state index in [1.807, 2.05) is 36.4 Å². The van der Waals surface area contributed by atoms with Crippen LogP contribution in [-0.2, 0) is 0 Å². The predicted octanol–water partition coefficient (Wildman–Crippen LogP) is 3.84. The zero-order chi connectivity index (χ0) is 13.0. The maximum Gasteiger partial charge on any atom is 0.136 e. The standard InChI is InChI=1S/C15H16BrNO/c1-11-4-2-3-5-14(11)15(10-17)18-13-8-6-12(16)7-9-13/h2-9,15H,10,17H2,1H3. The minimum atomic E-state index is -0.104. The van der Waals surface area contributed by atoms with Crippen LogP contribution in [0.25, 0.3) is 0 Å². The van der Waals surface area contributed by atoms with Gasteiger partial charge in [0.25, 0.3) is 0 Å². The van der Waals surface area contributed by atoms with Crippen molar-refractivity contribution in [3.63, 3.8) is 0 Å². The zero-order valence-electron chi connectivity index (χ0n) is 10.3. The molecule has 1 atom stereocenters. The lowest BCUT2D eigenvalue weighted by molar-refractivity contribution is 0.213. The number of nitrogens with two attached hydrogens (primary N) is 1. The van der Waals surface area contributed by atoms with Crippen LogP contribution in [0.15, 0.2) is 53.0 Å². The van der Waals surface area contributed by atoms with Gasteiger partial charge in [-0.05, 0) is 42.3 Å². The van der Waals surface area contributed by atoms with Gasteiger partial charge in [-0.3, -0.25) is 0 Å². The first-order valence-electron chi connectivity index (χ1n) is 5.88. The van der Waals surface area contributed by atoms with Crippen molar-refractivity contribution in [2.45, 2.75) is 13.0 Å². The van der Waals surface area contributed by atoms with Crippen LogP contribution in [0.3, 0.4) is 0 Å². The van der Waals surface area contributed by atoms with Crippen molar-refractivity contribution in [1.82, 2.24) is 0 Å². The third-order valence-corrected chi connectivity index (χ3v) is 3.37. The third kappa shape index (κ3) is 3.12. The predicted molar refractivity (Wildman–Crippen MR) is 77.7 cm³/mol. The van der Waals surface area contributed by atoms with Crippen LogP contribution in [-0.4, -0.2) is 6.54 Å². The Morgan fingerprint density at radius 2 is 1.78 bits per heavy atom. The molecule has 0 aromatic heterocycles. The molecular formula is C15H16BrNO. The topological polar surface area (TPSA) is 35.2 Å². The number of hydrogen-bond donors (Lipinski definition) is 1. The van der Waals surface area contributed by atoms with Gasteiger partial charge in [-0.15, -0.1) is 0 Å². The van der Waals surface area contributed by atoms with E-state index in [-0.39, 0.29) is 6.10 Å². The molecule has 94 valence electrons. The average Bonchev–Trinajstić information content (AvgIpc) is 2.39. The Hall–Kier alpha value is -1.32. The summed E-state index contributed by atoms with van der Waals surface area (Å²) in [5.74, 6) is 0.830. The summed E-state index contributed by atoms with van der Waals surface area (Å²) in [4.78, 5) is 0. The SMILES string of the molecule is Cc1ccccc1C(CN)Oc1ccc(Br)cc1. The molecule has 2 aromatic carbocycles. The summed E-state index contributed by atoms with van der Waals surface area (Å²) in [5.41, 5.74) is 8.16. The summed E-state index contributed by atoms with van der Waals surface area (Å²) in [6.45, 7) is 2.53. The Morgan fingerprint density at radius 3 is 2.39 bits per heavy atom. The number of benzene rings is 2. The van der Waals surface area contributed by atoms with Gasteiger partial charge >= 0.3 is 0 Å². The van der Waals surface area contributed by atoms with Crippen molar-refractivity contribution < 1.29 is 4.74 Å². The molecule has 0 saturated carbocycles. The Kier molecular flexibility index (Phi) is 4.39. The summed E-state index contributed by atoms with van der Waals surface area (Å²) in [7, 11) is 0. The Bertz CT molecular complexity index is 510. The molecule has 1 unspecified atom stereocenters. The van der Waals surface area contributed by atoms with E-state index in [4.69, 9.17) is 10.5 Å². The lowest BCUT2D eigenvalue weighted by Crippen LogP contribution is -2.19. The van der Waals surface area contributed by atoms with Gasteiger partial charge in [-0.2, -0.15) is 0 Å². The fourth-order valence-electron chi connectivity index (χ4n) is 1.86. The van der Waals surface area contributed by atoms with Gasteiger partial charge in [-0.25, -0.2) is 0 Å². The van der Waals surface area contributed by atoms with E-state index in [0.29, 0.717) is 6.54 Å². The van der Waals surface area contributed by atoms with Gasteiger partial charge in [0.15, 0.2) is 0 Å². The lowest BCUT2D eigenvalue weighted by atomic mass is 10.0. The van der Waals surface area contributed by atoms with Gasteiger partial charge in [0.1, 0.15) is 11.9 Å². The normalized spacial score (nSPS) is 12.2. The van der Waals surface area contributed by atoms with Crippen molar-refractivity contribution in [3.8, 4) is 5.75 Å². The fraction of sp³-hybridized carbons (Fsp3) is 0.200. The molecule has 0 aliphatic heterocycles. The average molecular weight is 306 g/mol. The van der Waals surface area contributed by atoms with Crippen LogP contribution in [0.1, 0.15) is 17.2 Å². The minimum absolute atomic E-state index is 0.104. The number of ether oxygens (including phenoxy) is 1. The van der Waals surface area contributed by atoms with Crippen molar-refractivity contribution in [2.24, 2.45) is 5.73 Å². The van der Waals surface area contributed by atoms with Crippen molar-refractivity contribution in [2.75, 3.05) is 6.54 Å². The smallest absolute Gasteiger partial charge is 0.136 e. The van der Waals surface area contributed by atoms with Gasteiger partial charge in [0.05, 0.1) is 0 Å². The highest BCUT2D eigenvalue weighted by Gasteiger charge is 2.13. The maximum atomic E-state index is 5.94. The summed E-state index contributed by atoms with van der Waals surface area (Å²) in [6, 6.07) is 16.0. The molecule has 0 heterocycles. The number of hydrogen-bond acceptors (Lipinski definition) is 2. The number of rotatable bonds is 4. The minimum Gasteiger partial charge on any atom is -0.484 e. The molecule has 2 aromatic rings. The van der Waals surface area contributed by atoms with Crippen LogP contribution < -0.4 is 10.5 Å². The Balaban J connectivity index is 2.20. The molecule has 0 fully saturated rings. The van der Waals surface area contributed by atoms with E-state index in [1.54, 1.807) is 0 Å². The van der Waals surface area contributed by atoms with Crippen LogP contribution >= 0.6 is 15.9 Å². The summed E-state index contributed by atoms with van der Waals surface area (Å²) in [6.07, 6.45) is -0.104. The van der Waals surface area contributed by atoms with Crippen LogP contribution in [0.4, 0.5) is 0 Å². The first-order valence-corrected chi connectivity index (χ1v) is 6.68. The highest BCUT2D eigenvalue weighted by atomic mass is 79.9. The van der Waals surface area contributed by atoms with Gasteiger partial charge < -0.3 is 10.5 Å². The van der Waals surface area contributed by atoms with E-state index < -0.39 is 0 Å². The molecular weight excluding hydrogens is 290 g/mol. The first-order chi connectivity index (χ1) is 8.70. The molecule has 2 nitrogen and oxygen atoms in total. The van der Waals surface area contributed by atoms with Gasteiger partial charge in [0, 0.05) is 11.0 Å². The van der Waals surface area contributed by atoms with Crippen molar-refractivity contribution in [3.05, 3.63) is 64.1 Å². The van der Waals surface area contributed by atoms with Gasteiger partial charge in [-0.1, -0.05) is 40.2 Å². The molecule has 0 spiro atoms. The van der Waals surface area contributed by atoms with E-state index in [1.165, 1.54) is 5.56 Å². The van der Waals surface area contributed by atoms with Crippen molar-refractivity contribution >= 4 is 15.9 Å². The fourth-order valence-corrected chi connectivity index (χ4v) is 2.13. The van der Waals surface area contributed by atoms with E-state index in [2.05, 4.69) is 35.0 Å². The first kappa shape index (κ1) is 13.1. The third-order valence-electron chi connectivity index (χ3n) is 2.84. The maximum absolute atomic E-state index is 5.94. The summed E-state index contributed by atoms with van der Waals surface area (Å²) < 4.78 is 6.98. The molecule has 0 aliphatic rings. The van der Waals surface area contributed by atoms with Gasteiger partial charge in [0.2, 0.25) is 0 Å². The molecule has 0 bridgehead atoms. The quantitative estimate of drug-likeness (QED) is 0.931. The Morgan fingerprint density at radius 1 is 1.11 bits per heavy atom. The molecule has 0 saturated heterocycles. The number of halogens is 1. The van der Waals surface area contributed by atoms with Crippen LogP contribution in [0, 0.1) is 6.92 Å². The van der Waals surface area contributed by atoms with Crippen molar-refractivity contribution in [1.29, 1.82) is 0 Å². The van der Waals surface area contributed by atoms with Crippen LogP contribution in [0.5, 0.6) is 5.75 Å². The van der Waals surface area contributed by atoms with E-state index in [0.717, 1.165) is 15.8 Å². The molecule has 0 radical (unpaired) electrons. The summed E-state index contributed by atoms with van der Waals surface area (Å²) >= 11 is 3.41. The second-order valence-electron chi connectivity index (χ2n) is 4.15. The second kappa shape index (κ2) is 6.03. The molecule has 2 N–H and O–H groups in total. The zero-order valence-corrected chi connectivity index (χ0v) is 11.9. The highest BCUT2D eigenvalue weighted by Crippen LogP contribution is 2.24. The molecule has 2 rings (SSSR count). The Labute approximate surface area is 116 Å². The number of aryl methyl sites for hydroxylation is 1. The highest BCUT2D eigenvalue weighted by molar-refractivity contribution is 9.10. The lowest BCUT2D eigenvalue weighted by Gasteiger charge is -2.19. The van der Waals surface area contributed by atoms with E-state index >= 15 is 0 Å². The van der Waals surface area contributed by atoms with E-state index in [9.17, 15) is 0 Å². The largest absolute Gasteiger partial charge is 0.484 e. The monoisotopic (exact) mass is 305 g/mol.